The second-order valence-electron chi connectivity index (χ2n) is 5.12. The van der Waals surface area contributed by atoms with Gasteiger partial charge in [-0.3, -0.25) is 0 Å². The van der Waals surface area contributed by atoms with Crippen molar-refractivity contribution in [3.05, 3.63) is 71.3 Å². The maximum atomic E-state index is 13.9. The normalized spacial score (nSPS) is 12.3. The predicted octanol–water partition coefficient (Wildman–Crippen LogP) is 4.64. The van der Waals surface area contributed by atoms with Gasteiger partial charge in [-0.25, -0.2) is 8.78 Å². The fourth-order valence-electron chi connectivity index (χ4n) is 2.59. The SMILES string of the molecule is CCNC(CCCc1ccccc1)c1c(F)cccc1F. The van der Waals surface area contributed by atoms with Crippen molar-refractivity contribution in [1.29, 1.82) is 0 Å². The summed E-state index contributed by atoms with van der Waals surface area (Å²) in [6, 6.07) is 13.9. The first-order valence-corrected chi connectivity index (χ1v) is 7.43. The highest BCUT2D eigenvalue weighted by atomic mass is 19.1. The van der Waals surface area contributed by atoms with Crippen LogP contribution < -0.4 is 5.32 Å². The first-order chi connectivity index (χ1) is 10.2. The van der Waals surface area contributed by atoms with E-state index >= 15 is 0 Å². The third-order valence-corrected chi connectivity index (χ3v) is 3.60. The molecule has 0 fully saturated rings. The van der Waals surface area contributed by atoms with E-state index in [0.29, 0.717) is 13.0 Å². The van der Waals surface area contributed by atoms with Crippen molar-refractivity contribution >= 4 is 0 Å². The summed E-state index contributed by atoms with van der Waals surface area (Å²) in [7, 11) is 0. The second kappa shape index (κ2) is 7.89. The average Bonchev–Trinajstić information content (AvgIpc) is 2.48. The number of aryl methyl sites for hydroxylation is 1. The van der Waals surface area contributed by atoms with E-state index in [0.717, 1.165) is 12.8 Å². The molecule has 0 aromatic heterocycles. The standard InChI is InChI=1S/C18H21F2N/c1-2-21-17(18-15(19)11-7-12-16(18)20)13-6-10-14-8-4-3-5-9-14/h3-5,7-9,11-12,17,21H,2,6,10,13H2,1H3. The number of benzene rings is 2. The molecule has 0 spiro atoms. The van der Waals surface area contributed by atoms with Gasteiger partial charge in [-0.2, -0.15) is 0 Å². The summed E-state index contributed by atoms with van der Waals surface area (Å²) in [5.74, 6) is -0.943. The molecule has 0 saturated carbocycles. The fourth-order valence-corrected chi connectivity index (χ4v) is 2.59. The van der Waals surface area contributed by atoms with Gasteiger partial charge in [0.05, 0.1) is 0 Å². The highest BCUT2D eigenvalue weighted by Gasteiger charge is 2.18. The second-order valence-corrected chi connectivity index (χ2v) is 5.12. The maximum absolute atomic E-state index is 13.9. The van der Waals surface area contributed by atoms with Crippen LogP contribution in [0, 0.1) is 11.6 Å². The highest BCUT2D eigenvalue weighted by Crippen LogP contribution is 2.25. The molecule has 0 saturated heterocycles. The molecule has 0 aliphatic carbocycles. The Bertz CT molecular complexity index is 534. The van der Waals surface area contributed by atoms with Crippen LogP contribution in [0.1, 0.15) is 36.9 Å². The molecule has 0 aliphatic rings. The highest BCUT2D eigenvalue weighted by molar-refractivity contribution is 5.23. The van der Waals surface area contributed by atoms with Crippen molar-refractivity contribution in [2.75, 3.05) is 6.54 Å². The van der Waals surface area contributed by atoms with E-state index in [1.165, 1.54) is 23.8 Å². The molecular formula is C18H21F2N. The average molecular weight is 289 g/mol. The Balaban J connectivity index is 2.02. The summed E-state index contributed by atoms with van der Waals surface area (Å²) in [6.07, 6.45) is 2.51. The molecule has 3 heteroatoms. The molecule has 0 amide bonds. The van der Waals surface area contributed by atoms with Crippen LogP contribution in [0.25, 0.3) is 0 Å². The number of rotatable bonds is 7. The van der Waals surface area contributed by atoms with E-state index < -0.39 is 11.6 Å². The van der Waals surface area contributed by atoms with Crippen molar-refractivity contribution in [3.63, 3.8) is 0 Å². The van der Waals surface area contributed by atoms with Gasteiger partial charge in [0.25, 0.3) is 0 Å². The van der Waals surface area contributed by atoms with E-state index in [1.807, 2.05) is 25.1 Å². The minimum atomic E-state index is -0.472. The molecule has 0 radical (unpaired) electrons. The zero-order valence-corrected chi connectivity index (χ0v) is 12.3. The predicted molar refractivity (Wildman–Crippen MR) is 82.2 cm³/mol. The largest absolute Gasteiger partial charge is 0.310 e. The number of hydrogen-bond acceptors (Lipinski definition) is 1. The lowest BCUT2D eigenvalue weighted by molar-refractivity contribution is 0.445. The summed E-state index contributed by atoms with van der Waals surface area (Å²) < 4.78 is 27.8. The van der Waals surface area contributed by atoms with Gasteiger partial charge in [-0.15, -0.1) is 0 Å². The van der Waals surface area contributed by atoms with Crippen LogP contribution in [0.3, 0.4) is 0 Å². The van der Waals surface area contributed by atoms with E-state index in [9.17, 15) is 8.78 Å². The fraction of sp³-hybridized carbons (Fsp3) is 0.333. The Morgan fingerprint density at radius 3 is 2.24 bits per heavy atom. The Morgan fingerprint density at radius 1 is 0.952 bits per heavy atom. The zero-order valence-electron chi connectivity index (χ0n) is 12.3. The van der Waals surface area contributed by atoms with Crippen LogP contribution in [0.4, 0.5) is 8.78 Å². The minimum absolute atomic E-state index is 0.160. The summed E-state index contributed by atoms with van der Waals surface area (Å²) >= 11 is 0. The van der Waals surface area contributed by atoms with Gasteiger partial charge in [0.2, 0.25) is 0 Å². The van der Waals surface area contributed by atoms with Crippen LogP contribution in [0.2, 0.25) is 0 Å². The molecule has 1 nitrogen and oxygen atoms in total. The topological polar surface area (TPSA) is 12.0 Å². The van der Waals surface area contributed by atoms with E-state index in [2.05, 4.69) is 17.4 Å². The third-order valence-electron chi connectivity index (χ3n) is 3.60. The Hall–Kier alpha value is -1.74. The van der Waals surface area contributed by atoms with Gasteiger partial charge >= 0.3 is 0 Å². The first-order valence-electron chi connectivity index (χ1n) is 7.43. The molecule has 1 N–H and O–H groups in total. The number of nitrogens with one attached hydrogen (secondary N) is 1. The summed E-state index contributed by atoms with van der Waals surface area (Å²) in [5, 5.41) is 3.19. The Kier molecular flexibility index (Phi) is 5.88. The van der Waals surface area contributed by atoms with E-state index in [1.54, 1.807) is 0 Å². The summed E-state index contributed by atoms with van der Waals surface area (Å²) in [4.78, 5) is 0. The molecule has 112 valence electrons. The van der Waals surface area contributed by atoms with Gasteiger partial charge in [-0.1, -0.05) is 43.3 Å². The molecule has 2 rings (SSSR count). The van der Waals surface area contributed by atoms with Crippen LogP contribution in [0.5, 0.6) is 0 Å². The van der Waals surface area contributed by atoms with Gasteiger partial charge in [-0.05, 0) is 43.5 Å². The lowest BCUT2D eigenvalue weighted by Crippen LogP contribution is -2.23. The third kappa shape index (κ3) is 4.36. The van der Waals surface area contributed by atoms with Gasteiger partial charge in [0.15, 0.2) is 0 Å². The van der Waals surface area contributed by atoms with E-state index in [4.69, 9.17) is 0 Å². The molecule has 21 heavy (non-hydrogen) atoms. The van der Waals surface area contributed by atoms with Crippen LogP contribution in [-0.2, 0) is 6.42 Å². The first kappa shape index (κ1) is 15.6. The van der Waals surface area contributed by atoms with Gasteiger partial charge < -0.3 is 5.32 Å². The quantitative estimate of drug-likeness (QED) is 0.783. The van der Waals surface area contributed by atoms with Crippen LogP contribution >= 0.6 is 0 Å². The molecule has 2 aromatic carbocycles. The van der Waals surface area contributed by atoms with E-state index in [-0.39, 0.29) is 11.6 Å². The molecule has 1 unspecified atom stereocenters. The molecule has 1 atom stereocenters. The lowest BCUT2D eigenvalue weighted by atomic mass is 9.98. The molecule has 0 aliphatic heterocycles. The maximum Gasteiger partial charge on any atom is 0.130 e. The molecular weight excluding hydrogens is 268 g/mol. The van der Waals surface area contributed by atoms with Gasteiger partial charge in [0.1, 0.15) is 11.6 Å². The number of halogens is 2. The van der Waals surface area contributed by atoms with Crippen LogP contribution in [-0.4, -0.2) is 6.54 Å². The van der Waals surface area contributed by atoms with Crippen molar-refractivity contribution in [2.45, 2.75) is 32.2 Å². The smallest absolute Gasteiger partial charge is 0.130 e. The molecule has 2 aromatic rings. The zero-order chi connectivity index (χ0) is 15.1. The monoisotopic (exact) mass is 289 g/mol. The van der Waals surface area contributed by atoms with Crippen LogP contribution in [0.15, 0.2) is 48.5 Å². The minimum Gasteiger partial charge on any atom is -0.310 e. The van der Waals surface area contributed by atoms with Crippen molar-refractivity contribution in [3.8, 4) is 0 Å². The molecule has 0 heterocycles. The summed E-state index contributed by atoms with van der Waals surface area (Å²) in [6.45, 7) is 2.63. The van der Waals surface area contributed by atoms with Crippen molar-refractivity contribution in [2.24, 2.45) is 0 Å². The van der Waals surface area contributed by atoms with Gasteiger partial charge in [0, 0.05) is 11.6 Å². The lowest BCUT2D eigenvalue weighted by Gasteiger charge is -2.19. The van der Waals surface area contributed by atoms with Crippen molar-refractivity contribution in [1.82, 2.24) is 5.32 Å². The Morgan fingerprint density at radius 2 is 1.62 bits per heavy atom. The summed E-state index contributed by atoms with van der Waals surface area (Å²) in [5.41, 5.74) is 1.41. The molecule has 0 bridgehead atoms. The van der Waals surface area contributed by atoms with Crippen molar-refractivity contribution < 1.29 is 8.78 Å². The number of hydrogen-bond donors (Lipinski definition) is 1. The Labute approximate surface area is 125 Å².